The number of fused-ring (bicyclic) bond motifs is 2. The molecule has 5 nitrogen and oxygen atoms in total. The van der Waals surface area contributed by atoms with Gasteiger partial charge in [0.25, 0.3) is 0 Å². The van der Waals surface area contributed by atoms with Gasteiger partial charge in [-0.2, -0.15) is 0 Å². The van der Waals surface area contributed by atoms with Crippen LogP contribution in [0, 0.1) is 5.92 Å². The summed E-state index contributed by atoms with van der Waals surface area (Å²) in [6, 6.07) is 7.92. The summed E-state index contributed by atoms with van der Waals surface area (Å²) < 4.78 is 8.08. The Kier molecular flexibility index (Phi) is 3.42. The van der Waals surface area contributed by atoms with Crippen LogP contribution in [0.2, 0.25) is 0 Å². The summed E-state index contributed by atoms with van der Waals surface area (Å²) in [5, 5.41) is 0. The van der Waals surface area contributed by atoms with Gasteiger partial charge in [-0.15, -0.1) is 0 Å². The van der Waals surface area contributed by atoms with Crippen LogP contribution in [0.1, 0.15) is 18.1 Å². The van der Waals surface area contributed by atoms with Gasteiger partial charge in [0, 0.05) is 31.9 Å². The molecule has 3 heterocycles. The summed E-state index contributed by atoms with van der Waals surface area (Å²) in [6.07, 6.45) is 6.27. The van der Waals surface area contributed by atoms with E-state index < -0.39 is 0 Å². The van der Waals surface area contributed by atoms with Gasteiger partial charge in [0.05, 0.1) is 6.54 Å². The minimum atomic E-state index is 0.663. The Morgan fingerprint density at radius 1 is 1.36 bits per heavy atom. The molecule has 2 aromatic heterocycles. The number of rotatable bonds is 4. The van der Waals surface area contributed by atoms with E-state index in [1.807, 2.05) is 30.5 Å². The minimum absolute atomic E-state index is 0.663. The Hall–Kier alpha value is -2.14. The molecule has 0 unspecified atom stereocenters. The molecule has 0 radical (unpaired) electrons. The fourth-order valence-corrected chi connectivity index (χ4v) is 3.31. The topological polar surface area (TPSA) is 47.1 Å². The summed E-state index contributed by atoms with van der Waals surface area (Å²) >= 11 is 0. The van der Waals surface area contributed by atoms with E-state index in [1.165, 1.54) is 12.2 Å². The van der Waals surface area contributed by atoms with E-state index >= 15 is 0 Å². The lowest BCUT2D eigenvalue weighted by Gasteiger charge is -2.27. The molecule has 1 aromatic carbocycles. The van der Waals surface area contributed by atoms with Gasteiger partial charge in [-0.25, -0.2) is 9.97 Å². The van der Waals surface area contributed by atoms with Crippen LogP contribution in [-0.2, 0) is 19.5 Å². The summed E-state index contributed by atoms with van der Waals surface area (Å²) in [5.41, 5.74) is 1.80. The summed E-state index contributed by atoms with van der Waals surface area (Å²) in [4.78, 5) is 11.2. The zero-order chi connectivity index (χ0) is 14.9. The monoisotopic (exact) mass is 296 g/mol. The fraction of sp³-hybridized carbons (Fsp3) is 0.412. The first kappa shape index (κ1) is 13.5. The van der Waals surface area contributed by atoms with Crippen molar-refractivity contribution in [2.75, 3.05) is 13.6 Å². The van der Waals surface area contributed by atoms with Crippen molar-refractivity contribution in [1.82, 2.24) is 19.4 Å². The Bertz CT molecular complexity index is 743. The molecule has 0 saturated carbocycles. The van der Waals surface area contributed by atoms with E-state index in [9.17, 15) is 0 Å². The molecule has 0 amide bonds. The molecule has 3 aromatic rings. The number of aryl methyl sites for hydroxylation is 1. The number of benzene rings is 1. The van der Waals surface area contributed by atoms with Gasteiger partial charge in [-0.1, -0.05) is 12.1 Å². The molecule has 0 N–H and O–H groups in total. The van der Waals surface area contributed by atoms with Crippen molar-refractivity contribution >= 4 is 11.1 Å². The lowest BCUT2D eigenvalue weighted by atomic mass is 9.99. The van der Waals surface area contributed by atoms with Gasteiger partial charge < -0.3 is 8.98 Å². The van der Waals surface area contributed by atoms with Crippen LogP contribution in [0.5, 0.6) is 0 Å². The molecule has 0 spiro atoms. The molecule has 5 heteroatoms. The second kappa shape index (κ2) is 5.57. The molecule has 1 aliphatic heterocycles. The molecule has 0 aliphatic carbocycles. The largest absolute Gasteiger partial charge is 0.439 e. The highest BCUT2D eigenvalue weighted by Crippen LogP contribution is 2.21. The van der Waals surface area contributed by atoms with Gasteiger partial charge in [-0.3, -0.25) is 4.90 Å². The third-order valence-electron chi connectivity index (χ3n) is 4.35. The van der Waals surface area contributed by atoms with Crippen LogP contribution in [0.25, 0.3) is 11.1 Å². The highest BCUT2D eigenvalue weighted by atomic mass is 16.3. The van der Waals surface area contributed by atoms with Crippen LogP contribution < -0.4 is 0 Å². The lowest BCUT2D eigenvalue weighted by Crippen LogP contribution is -2.31. The van der Waals surface area contributed by atoms with Crippen LogP contribution in [0.15, 0.2) is 41.1 Å². The second-order valence-corrected chi connectivity index (χ2v) is 6.17. The normalized spacial score (nSPS) is 18.0. The Morgan fingerprint density at radius 3 is 3.18 bits per heavy atom. The molecule has 0 fully saturated rings. The number of hydrogen-bond donors (Lipinski definition) is 0. The van der Waals surface area contributed by atoms with Crippen molar-refractivity contribution in [3.05, 3.63) is 48.4 Å². The van der Waals surface area contributed by atoms with Gasteiger partial charge in [-0.05, 0) is 31.5 Å². The molecular formula is C17H20N4O. The number of aromatic nitrogens is 3. The molecule has 22 heavy (non-hydrogen) atoms. The molecule has 1 aliphatic rings. The molecule has 114 valence electrons. The molecule has 0 bridgehead atoms. The highest BCUT2D eigenvalue weighted by Gasteiger charge is 2.20. The average Bonchev–Trinajstić information content (AvgIpc) is 3.11. The third-order valence-corrected chi connectivity index (χ3v) is 4.35. The van der Waals surface area contributed by atoms with E-state index in [0.29, 0.717) is 5.92 Å². The predicted molar refractivity (Wildman–Crippen MR) is 84.4 cm³/mol. The first-order valence-electron chi connectivity index (χ1n) is 7.81. The van der Waals surface area contributed by atoms with E-state index in [-0.39, 0.29) is 0 Å². The van der Waals surface area contributed by atoms with E-state index in [1.54, 1.807) is 0 Å². The predicted octanol–water partition coefficient (Wildman–Crippen LogP) is 2.72. The summed E-state index contributed by atoms with van der Waals surface area (Å²) in [5.74, 6) is 2.68. The van der Waals surface area contributed by atoms with E-state index in [4.69, 9.17) is 4.42 Å². The lowest BCUT2D eigenvalue weighted by molar-refractivity contribution is 0.215. The number of nitrogens with zero attached hydrogens (tertiary/aromatic N) is 4. The van der Waals surface area contributed by atoms with E-state index in [2.05, 4.69) is 32.7 Å². The van der Waals surface area contributed by atoms with E-state index in [0.717, 1.165) is 43.0 Å². The Labute approximate surface area is 129 Å². The van der Waals surface area contributed by atoms with Crippen molar-refractivity contribution < 1.29 is 4.42 Å². The zero-order valence-corrected chi connectivity index (χ0v) is 12.8. The minimum Gasteiger partial charge on any atom is -0.439 e. The van der Waals surface area contributed by atoms with Crippen molar-refractivity contribution in [2.24, 2.45) is 5.92 Å². The summed E-state index contributed by atoms with van der Waals surface area (Å²) in [7, 11) is 2.14. The maximum atomic E-state index is 5.80. The zero-order valence-electron chi connectivity index (χ0n) is 12.8. The molecule has 1 atom stereocenters. The van der Waals surface area contributed by atoms with Crippen molar-refractivity contribution in [3.63, 3.8) is 0 Å². The van der Waals surface area contributed by atoms with Gasteiger partial charge >= 0.3 is 0 Å². The maximum Gasteiger partial charge on any atom is 0.209 e. The second-order valence-electron chi connectivity index (χ2n) is 6.17. The van der Waals surface area contributed by atoms with Gasteiger partial charge in [0.2, 0.25) is 5.89 Å². The fourth-order valence-electron chi connectivity index (χ4n) is 3.31. The van der Waals surface area contributed by atoms with Crippen LogP contribution >= 0.6 is 0 Å². The van der Waals surface area contributed by atoms with Crippen molar-refractivity contribution in [2.45, 2.75) is 25.9 Å². The number of oxazole rings is 1. The maximum absolute atomic E-state index is 5.80. The quantitative estimate of drug-likeness (QED) is 0.742. The first-order valence-corrected chi connectivity index (χ1v) is 7.81. The Balaban J connectivity index is 1.39. The summed E-state index contributed by atoms with van der Waals surface area (Å²) in [6.45, 7) is 2.87. The van der Waals surface area contributed by atoms with Crippen LogP contribution in [0.4, 0.5) is 0 Å². The van der Waals surface area contributed by atoms with Gasteiger partial charge in [0.15, 0.2) is 5.58 Å². The van der Waals surface area contributed by atoms with Crippen LogP contribution in [0.3, 0.4) is 0 Å². The molecular weight excluding hydrogens is 276 g/mol. The van der Waals surface area contributed by atoms with Crippen molar-refractivity contribution in [1.29, 1.82) is 0 Å². The number of para-hydroxylation sites is 2. The first-order chi connectivity index (χ1) is 10.8. The van der Waals surface area contributed by atoms with Crippen molar-refractivity contribution in [3.8, 4) is 0 Å². The van der Waals surface area contributed by atoms with Gasteiger partial charge in [0.1, 0.15) is 11.3 Å². The van der Waals surface area contributed by atoms with Crippen LogP contribution in [-0.4, -0.2) is 33.0 Å². The molecule has 0 saturated heterocycles. The molecule has 4 rings (SSSR count). The SMILES string of the molecule is CN(Cc1nc2ccccc2o1)C[C@@H]1CCc2nccn2C1. The standard InChI is InChI=1S/C17H20N4O/c1-20(10-13-6-7-16-18-8-9-21(16)11-13)12-17-19-14-4-2-3-5-15(14)22-17/h2-5,8-9,13H,6-7,10-12H2,1H3/t13-/m0/s1. The smallest absolute Gasteiger partial charge is 0.209 e. The third kappa shape index (κ3) is 2.64. The Morgan fingerprint density at radius 2 is 2.27 bits per heavy atom. The number of hydrogen-bond acceptors (Lipinski definition) is 4. The highest BCUT2D eigenvalue weighted by molar-refractivity contribution is 5.72. The average molecular weight is 296 g/mol. The number of imidazole rings is 1.